The predicted octanol–water partition coefficient (Wildman–Crippen LogP) is 3.43. The van der Waals surface area contributed by atoms with E-state index in [0.717, 1.165) is 11.3 Å². The van der Waals surface area contributed by atoms with E-state index < -0.39 is 11.9 Å². The Morgan fingerprint density at radius 1 is 1.29 bits per heavy atom. The van der Waals surface area contributed by atoms with Crippen LogP contribution in [0.2, 0.25) is 0 Å². The zero-order valence-corrected chi connectivity index (χ0v) is 12.6. The number of alkyl halides is 3. The Bertz CT molecular complexity index is 622. The normalized spacial score (nSPS) is 12.1. The second-order valence-electron chi connectivity index (χ2n) is 4.81. The second-order valence-corrected chi connectivity index (χ2v) is 5.90. The summed E-state index contributed by atoms with van der Waals surface area (Å²) in [6.07, 6.45) is -2.96. The van der Waals surface area contributed by atoms with Gasteiger partial charge in [0.1, 0.15) is 16.5 Å². The maximum atomic E-state index is 13.1. The van der Waals surface area contributed by atoms with Crippen LogP contribution in [-0.4, -0.2) is 21.0 Å². The molecule has 114 valence electrons. The highest BCUT2D eigenvalue weighted by Gasteiger charge is 2.37. The molecule has 21 heavy (non-hydrogen) atoms. The van der Waals surface area contributed by atoms with E-state index >= 15 is 0 Å². The summed E-state index contributed by atoms with van der Waals surface area (Å²) in [6, 6.07) is 1.66. The zero-order chi connectivity index (χ0) is 15.6. The van der Waals surface area contributed by atoms with Crippen molar-refractivity contribution in [3.8, 4) is 10.7 Å². The molecule has 0 fully saturated rings. The van der Waals surface area contributed by atoms with Crippen LogP contribution in [0, 0.1) is 6.92 Å². The Balaban J connectivity index is 2.40. The van der Waals surface area contributed by atoms with Crippen molar-refractivity contribution in [3.05, 3.63) is 28.7 Å². The Morgan fingerprint density at radius 2 is 2.00 bits per heavy atom. The third kappa shape index (κ3) is 3.98. The number of aryl methyl sites for hydroxylation is 1. The molecular formula is C13H15F3N4S. The molecule has 0 amide bonds. The molecule has 0 atom stereocenters. The minimum Gasteiger partial charge on any atom is -0.310 e. The first-order chi connectivity index (χ1) is 9.77. The molecule has 0 aromatic carbocycles. The Labute approximate surface area is 124 Å². The molecule has 2 rings (SSSR count). The van der Waals surface area contributed by atoms with Gasteiger partial charge in [-0.25, -0.2) is 15.0 Å². The molecule has 0 aliphatic heterocycles. The molecule has 0 saturated carbocycles. The lowest BCUT2D eigenvalue weighted by Crippen LogP contribution is -2.23. The van der Waals surface area contributed by atoms with Gasteiger partial charge in [-0.15, -0.1) is 11.3 Å². The lowest BCUT2D eigenvalue weighted by molar-refractivity contribution is -0.141. The quantitative estimate of drug-likeness (QED) is 0.939. The minimum atomic E-state index is -4.47. The monoisotopic (exact) mass is 316 g/mol. The van der Waals surface area contributed by atoms with Gasteiger partial charge >= 0.3 is 6.18 Å². The number of aromatic nitrogens is 3. The summed E-state index contributed by atoms with van der Waals surface area (Å²) < 4.78 is 39.2. The predicted molar refractivity (Wildman–Crippen MR) is 74.9 cm³/mol. The standard InChI is InChI=1S/C13H15F3N4S/c1-7(2)18-6-10-11(13(14,15)16)20-12(21-10)9-4-5-17-8(3)19-9/h4-5,7,18H,6H2,1-3H3. The summed E-state index contributed by atoms with van der Waals surface area (Å²) in [5.74, 6) is 0.498. The molecule has 0 bridgehead atoms. The molecular weight excluding hydrogens is 301 g/mol. The molecule has 0 unspecified atom stereocenters. The molecule has 0 radical (unpaired) electrons. The first-order valence-electron chi connectivity index (χ1n) is 6.37. The van der Waals surface area contributed by atoms with Crippen molar-refractivity contribution in [2.45, 2.75) is 39.5 Å². The van der Waals surface area contributed by atoms with Gasteiger partial charge in [-0.2, -0.15) is 13.2 Å². The van der Waals surface area contributed by atoms with Crippen LogP contribution in [0.1, 0.15) is 30.2 Å². The summed E-state index contributed by atoms with van der Waals surface area (Å²) in [4.78, 5) is 12.0. The maximum absolute atomic E-state index is 13.1. The molecule has 2 aromatic heterocycles. The van der Waals surface area contributed by atoms with E-state index in [4.69, 9.17) is 0 Å². The van der Waals surface area contributed by atoms with Crippen LogP contribution in [-0.2, 0) is 12.7 Å². The van der Waals surface area contributed by atoms with Crippen molar-refractivity contribution in [3.63, 3.8) is 0 Å². The first-order valence-corrected chi connectivity index (χ1v) is 7.19. The van der Waals surface area contributed by atoms with Crippen LogP contribution in [0.15, 0.2) is 12.3 Å². The molecule has 0 saturated heterocycles. The smallest absolute Gasteiger partial charge is 0.310 e. The molecule has 0 aliphatic rings. The molecule has 1 N–H and O–H groups in total. The molecule has 4 nitrogen and oxygen atoms in total. The molecule has 0 spiro atoms. The van der Waals surface area contributed by atoms with E-state index in [2.05, 4.69) is 20.3 Å². The minimum absolute atomic E-state index is 0.0953. The van der Waals surface area contributed by atoms with E-state index in [9.17, 15) is 13.2 Å². The summed E-state index contributed by atoms with van der Waals surface area (Å²) in [7, 11) is 0. The van der Waals surface area contributed by atoms with Gasteiger partial charge in [0, 0.05) is 18.8 Å². The Hall–Kier alpha value is -1.54. The van der Waals surface area contributed by atoms with Crippen LogP contribution in [0.25, 0.3) is 10.7 Å². The van der Waals surface area contributed by atoms with Crippen LogP contribution >= 0.6 is 11.3 Å². The molecule has 2 aromatic rings. The van der Waals surface area contributed by atoms with Crippen molar-refractivity contribution < 1.29 is 13.2 Å². The van der Waals surface area contributed by atoms with Gasteiger partial charge in [0.05, 0.1) is 4.88 Å². The highest BCUT2D eigenvalue weighted by Crippen LogP contribution is 2.37. The number of nitrogens with one attached hydrogen (secondary N) is 1. The van der Waals surface area contributed by atoms with Crippen molar-refractivity contribution in [2.24, 2.45) is 0 Å². The van der Waals surface area contributed by atoms with Crippen molar-refractivity contribution in [1.82, 2.24) is 20.3 Å². The van der Waals surface area contributed by atoms with E-state index in [1.807, 2.05) is 13.8 Å². The second kappa shape index (κ2) is 6.07. The lowest BCUT2D eigenvalue weighted by atomic mass is 10.3. The van der Waals surface area contributed by atoms with Gasteiger partial charge in [0.15, 0.2) is 5.69 Å². The maximum Gasteiger partial charge on any atom is 0.434 e. The third-order valence-corrected chi connectivity index (χ3v) is 3.71. The Morgan fingerprint density at radius 3 is 2.57 bits per heavy atom. The van der Waals surface area contributed by atoms with Gasteiger partial charge in [0.2, 0.25) is 0 Å². The summed E-state index contributed by atoms with van der Waals surface area (Å²) in [5.41, 5.74) is -0.430. The van der Waals surface area contributed by atoms with Gasteiger partial charge in [-0.3, -0.25) is 0 Å². The van der Waals surface area contributed by atoms with Crippen molar-refractivity contribution >= 4 is 11.3 Å². The van der Waals surface area contributed by atoms with E-state index in [1.54, 1.807) is 13.0 Å². The summed E-state index contributed by atoms with van der Waals surface area (Å²) >= 11 is 1.01. The molecule has 2 heterocycles. The number of thiazole rings is 1. The SMILES string of the molecule is Cc1nccc(-c2nc(C(F)(F)F)c(CNC(C)C)s2)n1. The van der Waals surface area contributed by atoms with Gasteiger partial charge in [-0.1, -0.05) is 13.8 Å². The number of nitrogens with zero attached hydrogens (tertiary/aromatic N) is 3. The summed E-state index contributed by atoms with van der Waals surface area (Å²) in [6.45, 7) is 5.57. The van der Waals surface area contributed by atoms with Crippen LogP contribution in [0.4, 0.5) is 13.2 Å². The van der Waals surface area contributed by atoms with Gasteiger partial charge in [-0.05, 0) is 13.0 Å². The van der Waals surface area contributed by atoms with E-state index in [-0.39, 0.29) is 22.5 Å². The fourth-order valence-electron chi connectivity index (χ4n) is 1.67. The lowest BCUT2D eigenvalue weighted by Gasteiger charge is -2.09. The summed E-state index contributed by atoms with van der Waals surface area (Å²) in [5, 5.41) is 3.25. The van der Waals surface area contributed by atoms with Gasteiger partial charge < -0.3 is 5.32 Å². The van der Waals surface area contributed by atoms with Crippen molar-refractivity contribution in [2.75, 3.05) is 0 Å². The molecule has 8 heteroatoms. The third-order valence-electron chi connectivity index (χ3n) is 2.63. The number of hydrogen-bond acceptors (Lipinski definition) is 5. The highest BCUT2D eigenvalue weighted by molar-refractivity contribution is 7.15. The number of rotatable bonds is 4. The largest absolute Gasteiger partial charge is 0.434 e. The highest BCUT2D eigenvalue weighted by atomic mass is 32.1. The zero-order valence-electron chi connectivity index (χ0n) is 11.8. The van der Waals surface area contributed by atoms with Crippen molar-refractivity contribution in [1.29, 1.82) is 0 Å². The van der Waals surface area contributed by atoms with E-state index in [0.29, 0.717) is 11.5 Å². The number of hydrogen-bond donors (Lipinski definition) is 1. The fourth-order valence-corrected chi connectivity index (χ4v) is 2.68. The van der Waals surface area contributed by atoms with Crippen LogP contribution in [0.3, 0.4) is 0 Å². The van der Waals surface area contributed by atoms with Crippen LogP contribution in [0.5, 0.6) is 0 Å². The average molecular weight is 316 g/mol. The average Bonchev–Trinajstić information content (AvgIpc) is 2.80. The topological polar surface area (TPSA) is 50.7 Å². The van der Waals surface area contributed by atoms with E-state index in [1.165, 1.54) is 6.20 Å². The molecule has 0 aliphatic carbocycles. The van der Waals surface area contributed by atoms with Crippen LogP contribution < -0.4 is 5.32 Å². The van der Waals surface area contributed by atoms with Gasteiger partial charge in [0.25, 0.3) is 0 Å². The first kappa shape index (κ1) is 15.8. The Kier molecular flexibility index (Phi) is 4.58. The number of halogens is 3. The fraction of sp³-hybridized carbons (Fsp3) is 0.462.